The van der Waals surface area contributed by atoms with Crippen molar-refractivity contribution < 1.29 is 9.13 Å². The van der Waals surface area contributed by atoms with E-state index in [0.29, 0.717) is 46.9 Å². The Morgan fingerprint density at radius 3 is 2.65 bits per heavy atom. The van der Waals surface area contributed by atoms with Gasteiger partial charge in [0.1, 0.15) is 24.2 Å². The molecule has 2 saturated carbocycles. The summed E-state index contributed by atoms with van der Waals surface area (Å²) in [7, 11) is 0. The van der Waals surface area contributed by atoms with Crippen LogP contribution in [-0.2, 0) is 0 Å². The summed E-state index contributed by atoms with van der Waals surface area (Å²) in [4.78, 5) is 18.3. The van der Waals surface area contributed by atoms with E-state index < -0.39 is 0 Å². The molecule has 2 saturated heterocycles. The maximum atomic E-state index is 14.5. The van der Waals surface area contributed by atoms with Gasteiger partial charge in [-0.3, -0.25) is 4.90 Å². The minimum atomic E-state index is -0.343. The fourth-order valence-electron chi connectivity index (χ4n) is 7.33. The number of hydrogen-bond acceptors (Lipinski definition) is 9. The molecular weight excluding hydrogens is 507 g/mol. The van der Waals surface area contributed by atoms with Gasteiger partial charge in [0.05, 0.1) is 5.69 Å². The molecule has 1 spiro atoms. The molecule has 4 aliphatic rings. The van der Waals surface area contributed by atoms with Gasteiger partial charge in [0.2, 0.25) is 0 Å². The number of rotatable bonds is 8. The third kappa shape index (κ3) is 4.71. The number of aromatic nitrogens is 5. The molecule has 0 radical (unpaired) electrons. The molecule has 2 N–H and O–H groups in total. The van der Waals surface area contributed by atoms with Crippen molar-refractivity contribution in [3.8, 4) is 22.8 Å². The molecule has 4 fully saturated rings. The first-order valence-corrected chi connectivity index (χ1v) is 14.6. The highest BCUT2D eigenvalue weighted by molar-refractivity contribution is 5.73. The Balaban J connectivity index is 1.10. The van der Waals surface area contributed by atoms with E-state index in [1.165, 1.54) is 18.5 Å². The minimum absolute atomic E-state index is 0.253. The van der Waals surface area contributed by atoms with Crippen LogP contribution in [0.4, 0.5) is 10.2 Å². The van der Waals surface area contributed by atoms with Crippen LogP contribution in [0.2, 0.25) is 0 Å². The summed E-state index contributed by atoms with van der Waals surface area (Å²) in [5.74, 6) is 2.88. The highest BCUT2D eigenvalue weighted by atomic mass is 19.1. The van der Waals surface area contributed by atoms with Crippen LogP contribution in [0.1, 0.15) is 57.6 Å². The molecule has 7 rings (SSSR count). The third-order valence-corrected chi connectivity index (χ3v) is 9.33. The number of likely N-dealkylation sites (tertiary alicyclic amines) is 1. The van der Waals surface area contributed by atoms with Crippen molar-refractivity contribution in [2.45, 2.75) is 64.0 Å². The highest BCUT2D eigenvalue weighted by Crippen LogP contribution is 2.48. The van der Waals surface area contributed by atoms with E-state index in [-0.39, 0.29) is 11.2 Å². The van der Waals surface area contributed by atoms with Crippen molar-refractivity contribution in [3.05, 3.63) is 48.6 Å². The van der Waals surface area contributed by atoms with Crippen LogP contribution in [0.25, 0.3) is 11.1 Å². The lowest BCUT2D eigenvalue weighted by molar-refractivity contribution is -0.0667. The van der Waals surface area contributed by atoms with Gasteiger partial charge in [0, 0.05) is 66.9 Å². The predicted octanol–water partition coefficient (Wildman–Crippen LogP) is 4.41. The Morgan fingerprint density at radius 2 is 1.90 bits per heavy atom. The quantitative estimate of drug-likeness (QED) is 0.441. The molecule has 210 valence electrons. The molecule has 2 aliphatic heterocycles. The summed E-state index contributed by atoms with van der Waals surface area (Å²) in [6.07, 6.45) is 10.3. The molecule has 0 amide bonds. The fourth-order valence-corrected chi connectivity index (χ4v) is 7.33. The van der Waals surface area contributed by atoms with Gasteiger partial charge in [-0.25, -0.2) is 19.3 Å². The zero-order valence-electron chi connectivity index (χ0n) is 23.2. The van der Waals surface area contributed by atoms with Gasteiger partial charge in [0.25, 0.3) is 5.88 Å². The Morgan fingerprint density at radius 1 is 1.07 bits per heavy atom. The number of halogens is 1. The van der Waals surface area contributed by atoms with Gasteiger partial charge in [-0.1, -0.05) is 13.8 Å². The first-order chi connectivity index (χ1) is 19.4. The van der Waals surface area contributed by atoms with Gasteiger partial charge in [-0.05, 0) is 62.1 Å². The number of hydrogen-bond donors (Lipinski definition) is 1. The Kier molecular flexibility index (Phi) is 6.42. The van der Waals surface area contributed by atoms with Crippen LogP contribution in [0, 0.1) is 23.1 Å². The van der Waals surface area contributed by atoms with Crippen molar-refractivity contribution in [3.63, 3.8) is 0 Å². The van der Waals surface area contributed by atoms with E-state index in [9.17, 15) is 4.39 Å². The van der Waals surface area contributed by atoms with E-state index in [2.05, 4.69) is 48.8 Å². The number of benzene rings is 1. The number of ether oxygens (including phenoxy) is 1. The van der Waals surface area contributed by atoms with Crippen LogP contribution in [0.5, 0.6) is 11.6 Å². The van der Waals surface area contributed by atoms with Crippen molar-refractivity contribution in [2.75, 3.05) is 31.1 Å². The van der Waals surface area contributed by atoms with Crippen molar-refractivity contribution in [1.29, 1.82) is 0 Å². The topological polar surface area (TPSA) is 106 Å². The maximum absolute atomic E-state index is 14.5. The van der Waals surface area contributed by atoms with E-state index in [1.54, 1.807) is 18.6 Å². The van der Waals surface area contributed by atoms with E-state index in [1.807, 2.05) is 0 Å². The molecule has 2 aliphatic carbocycles. The van der Waals surface area contributed by atoms with Crippen molar-refractivity contribution in [2.24, 2.45) is 23.0 Å². The van der Waals surface area contributed by atoms with Crippen LogP contribution in [0.3, 0.4) is 0 Å². The Bertz CT molecular complexity index is 1390. The summed E-state index contributed by atoms with van der Waals surface area (Å²) in [5, 5.41) is 8.35. The van der Waals surface area contributed by atoms with Gasteiger partial charge in [-0.15, -0.1) is 10.2 Å². The van der Waals surface area contributed by atoms with Gasteiger partial charge in [0.15, 0.2) is 5.82 Å². The van der Waals surface area contributed by atoms with Crippen molar-refractivity contribution >= 4 is 5.82 Å². The summed E-state index contributed by atoms with van der Waals surface area (Å²) < 4.78 is 20.8. The zero-order chi connectivity index (χ0) is 27.4. The Hall–Kier alpha value is -3.24. The number of anilines is 1. The number of nitrogens with two attached hydrogens (primary N) is 1. The second-order valence-electron chi connectivity index (χ2n) is 12.7. The number of nitrogens with zero attached hydrogens (tertiary/aromatic N) is 7. The lowest BCUT2D eigenvalue weighted by Gasteiger charge is -2.56. The van der Waals surface area contributed by atoms with Gasteiger partial charge >= 0.3 is 0 Å². The zero-order valence-corrected chi connectivity index (χ0v) is 23.2. The molecule has 0 unspecified atom stereocenters. The first-order valence-electron chi connectivity index (χ1n) is 14.6. The fraction of sp³-hybridized carbons (Fsp3) is 0.567. The molecule has 4 heterocycles. The van der Waals surface area contributed by atoms with Crippen LogP contribution < -0.4 is 15.4 Å². The van der Waals surface area contributed by atoms with Crippen LogP contribution in [-0.4, -0.2) is 68.3 Å². The summed E-state index contributed by atoms with van der Waals surface area (Å²) in [5.41, 5.74) is 8.72. The molecule has 2 aromatic heterocycles. The Labute approximate surface area is 234 Å². The lowest BCUT2D eigenvalue weighted by atomic mass is 9.68. The molecule has 0 bridgehead atoms. The molecule has 3 aromatic rings. The third-order valence-electron chi connectivity index (χ3n) is 9.33. The SMILES string of the molecule is CC(C)[C@H](C1CC(N)C1)N1CC2(CCN(c3ncnnc3Oc3ccc(F)cc3-c3cncnc3C3CC3)C2)C1. The largest absolute Gasteiger partial charge is 0.434 e. The monoisotopic (exact) mass is 544 g/mol. The molecule has 10 heteroatoms. The lowest BCUT2D eigenvalue weighted by Crippen LogP contribution is -2.65. The minimum Gasteiger partial charge on any atom is -0.434 e. The van der Waals surface area contributed by atoms with Crippen LogP contribution in [0.15, 0.2) is 37.1 Å². The maximum Gasteiger partial charge on any atom is 0.282 e. The normalized spacial score (nSPS) is 24.7. The molecule has 1 atom stereocenters. The molecule has 40 heavy (non-hydrogen) atoms. The highest BCUT2D eigenvalue weighted by Gasteiger charge is 2.52. The summed E-state index contributed by atoms with van der Waals surface area (Å²) >= 11 is 0. The molecule has 1 aromatic carbocycles. The van der Waals surface area contributed by atoms with E-state index in [4.69, 9.17) is 10.5 Å². The molecular formula is C30H37FN8O. The second-order valence-corrected chi connectivity index (χ2v) is 12.7. The first kappa shape index (κ1) is 25.7. The predicted molar refractivity (Wildman–Crippen MR) is 149 cm³/mol. The van der Waals surface area contributed by atoms with Crippen molar-refractivity contribution in [1.82, 2.24) is 30.0 Å². The smallest absolute Gasteiger partial charge is 0.282 e. The van der Waals surface area contributed by atoms with Crippen LogP contribution >= 0.6 is 0 Å². The standard InChI is InChI=1S/C30H37FN8O/c1-18(2)27(20-9-22(32)10-20)39-14-30(15-39)7-8-38(13-30)28-29(37-36-17-35-28)40-25-6-5-21(31)11-23(25)24-12-33-16-34-26(24)19-3-4-19/h5-6,11-12,16-20,22,27H,3-4,7-10,13-15,32H2,1-2H3/t20?,22?,27-/m1/s1. The van der Waals surface area contributed by atoms with E-state index in [0.717, 1.165) is 75.5 Å². The van der Waals surface area contributed by atoms with Gasteiger partial charge < -0.3 is 15.4 Å². The second kappa shape index (κ2) is 9.99. The average molecular weight is 545 g/mol. The van der Waals surface area contributed by atoms with E-state index >= 15 is 0 Å². The molecule has 9 nitrogen and oxygen atoms in total. The van der Waals surface area contributed by atoms with Gasteiger partial charge in [-0.2, -0.15) is 0 Å². The summed E-state index contributed by atoms with van der Waals surface area (Å²) in [6, 6.07) is 5.51. The average Bonchev–Trinajstić information content (AvgIpc) is 3.67. The summed E-state index contributed by atoms with van der Waals surface area (Å²) in [6.45, 7) is 8.69.